The highest BCUT2D eigenvalue weighted by Gasteiger charge is 2.15. The zero-order valence-electron chi connectivity index (χ0n) is 9.19. The maximum absolute atomic E-state index is 11.7. The van der Waals surface area contributed by atoms with Gasteiger partial charge in [0, 0.05) is 13.0 Å². The molecule has 1 rings (SSSR count). The Morgan fingerprint density at radius 1 is 1.33 bits per heavy atom. The second kappa shape index (κ2) is 6.58. The summed E-state index contributed by atoms with van der Waals surface area (Å²) in [5.74, 6) is -1.80. The summed E-state index contributed by atoms with van der Waals surface area (Å²) in [6.45, 7) is 0.0230. The second-order valence-electron chi connectivity index (χ2n) is 3.50. The molecule has 1 aromatic carbocycles. The Kier molecular flexibility index (Phi) is 5.40. The molecule has 0 saturated heterocycles. The number of aliphatic hydroxyl groups excluding tert-OH is 1. The lowest BCUT2D eigenvalue weighted by molar-refractivity contribution is -0.146. The van der Waals surface area contributed by atoms with Crippen LogP contribution in [0.2, 0.25) is 10.0 Å². The van der Waals surface area contributed by atoms with Gasteiger partial charge in [-0.15, -0.1) is 0 Å². The summed E-state index contributed by atoms with van der Waals surface area (Å²) in [7, 11) is 0. The van der Waals surface area contributed by atoms with E-state index >= 15 is 0 Å². The second-order valence-corrected chi connectivity index (χ2v) is 4.29. The smallest absolute Gasteiger partial charge is 0.332 e. The molecule has 0 radical (unpaired) electrons. The Morgan fingerprint density at radius 3 is 2.61 bits per heavy atom. The van der Waals surface area contributed by atoms with Gasteiger partial charge >= 0.3 is 5.97 Å². The SMILES string of the molecule is O=C(NCC[C@H](O)C(=O)O)c1cccc(Cl)c1Cl. The molecule has 18 heavy (non-hydrogen) atoms. The zero-order valence-corrected chi connectivity index (χ0v) is 10.7. The van der Waals surface area contributed by atoms with Crippen molar-refractivity contribution in [2.24, 2.45) is 0 Å². The van der Waals surface area contributed by atoms with Crippen molar-refractivity contribution < 1.29 is 19.8 Å². The molecule has 98 valence electrons. The van der Waals surface area contributed by atoms with E-state index in [1.54, 1.807) is 12.1 Å². The van der Waals surface area contributed by atoms with Crippen molar-refractivity contribution in [3.8, 4) is 0 Å². The van der Waals surface area contributed by atoms with Gasteiger partial charge < -0.3 is 15.5 Å². The van der Waals surface area contributed by atoms with Crippen LogP contribution >= 0.6 is 23.2 Å². The molecule has 0 aliphatic heterocycles. The predicted molar refractivity (Wildman–Crippen MR) is 67.1 cm³/mol. The third kappa shape index (κ3) is 3.87. The Morgan fingerprint density at radius 2 is 2.00 bits per heavy atom. The molecule has 1 atom stereocenters. The number of carboxylic acids is 1. The Labute approximate surface area is 113 Å². The molecule has 0 unspecified atom stereocenters. The fraction of sp³-hybridized carbons (Fsp3) is 0.273. The van der Waals surface area contributed by atoms with Gasteiger partial charge in [-0.25, -0.2) is 4.79 Å². The van der Waals surface area contributed by atoms with Gasteiger partial charge in [-0.2, -0.15) is 0 Å². The molecule has 1 aromatic rings. The van der Waals surface area contributed by atoms with Crippen molar-refractivity contribution in [2.75, 3.05) is 6.54 Å². The number of carboxylic acid groups (broad SMARTS) is 1. The van der Waals surface area contributed by atoms with Crippen molar-refractivity contribution in [3.63, 3.8) is 0 Å². The quantitative estimate of drug-likeness (QED) is 0.768. The molecular weight excluding hydrogens is 281 g/mol. The number of aliphatic hydroxyl groups is 1. The fourth-order valence-corrected chi connectivity index (χ4v) is 1.61. The summed E-state index contributed by atoms with van der Waals surface area (Å²) in [5.41, 5.74) is 0.203. The molecule has 0 heterocycles. The maximum atomic E-state index is 11.7. The average Bonchev–Trinajstić information content (AvgIpc) is 2.32. The van der Waals surface area contributed by atoms with Gasteiger partial charge in [-0.3, -0.25) is 4.79 Å². The normalized spacial score (nSPS) is 11.9. The van der Waals surface area contributed by atoms with E-state index in [1.165, 1.54) is 6.07 Å². The topological polar surface area (TPSA) is 86.6 Å². The predicted octanol–water partition coefficient (Wildman–Crippen LogP) is 1.56. The van der Waals surface area contributed by atoms with E-state index in [1.807, 2.05) is 0 Å². The van der Waals surface area contributed by atoms with Gasteiger partial charge in [0.2, 0.25) is 0 Å². The Bertz CT molecular complexity index is 464. The van der Waals surface area contributed by atoms with Crippen molar-refractivity contribution in [1.29, 1.82) is 0 Å². The van der Waals surface area contributed by atoms with E-state index in [0.717, 1.165) is 0 Å². The molecule has 0 aromatic heterocycles. The number of nitrogens with one attached hydrogen (secondary N) is 1. The van der Waals surface area contributed by atoms with Crippen LogP contribution in [0.4, 0.5) is 0 Å². The largest absolute Gasteiger partial charge is 0.479 e. The van der Waals surface area contributed by atoms with Crippen LogP contribution in [-0.2, 0) is 4.79 Å². The molecule has 0 saturated carbocycles. The first-order chi connectivity index (χ1) is 8.43. The van der Waals surface area contributed by atoms with Gasteiger partial charge in [-0.1, -0.05) is 29.3 Å². The van der Waals surface area contributed by atoms with E-state index in [9.17, 15) is 9.59 Å². The number of halogens is 2. The van der Waals surface area contributed by atoms with Crippen LogP contribution in [-0.4, -0.2) is 34.7 Å². The monoisotopic (exact) mass is 291 g/mol. The van der Waals surface area contributed by atoms with E-state index in [2.05, 4.69) is 5.32 Å². The molecule has 5 nitrogen and oxygen atoms in total. The number of hydrogen-bond acceptors (Lipinski definition) is 3. The first-order valence-electron chi connectivity index (χ1n) is 5.06. The minimum absolute atomic E-state index is 0.0230. The molecule has 0 aliphatic carbocycles. The zero-order chi connectivity index (χ0) is 13.7. The van der Waals surface area contributed by atoms with Crippen LogP contribution in [0.25, 0.3) is 0 Å². The van der Waals surface area contributed by atoms with Crippen LogP contribution in [0.15, 0.2) is 18.2 Å². The lowest BCUT2D eigenvalue weighted by Gasteiger charge is -2.08. The highest BCUT2D eigenvalue weighted by Crippen LogP contribution is 2.25. The summed E-state index contributed by atoms with van der Waals surface area (Å²) in [4.78, 5) is 22.0. The number of amides is 1. The standard InChI is InChI=1S/C11H11Cl2NO4/c12-7-3-1-2-6(9(7)13)10(16)14-5-4-8(15)11(17)18/h1-3,8,15H,4-5H2,(H,14,16)(H,17,18)/t8-/m0/s1. The van der Waals surface area contributed by atoms with Crippen molar-refractivity contribution in [1.82, 2.24) is 5.32 Å². The third-order valence-electron chi connectivity index (χ3n) is 2.18. The van der Waals surface area contributed by atoms with Crippen LogP contribution in [0, 0.1) is 0 Å². The van der Waals surface area contributed by atoms with Crippen LogP contribution in [0.3, 0.4) is 0 Å². The summed E-state index contributed by atoms with van der Waals surface area (Å²) in [6, 6.07) is 4.63. The molecule has 3 N–H and O–H groups in total. The van der Waals surface area contributed by atoms with E-state index in [-0.39, 0.29) is 28.6 Å². The van der Waals surface area contributed by atoms with Crippen molar-refractivity contribution in [2.45, 2.75) is 12.5 Å². The number of rotatable bonds is 5. The first kappa shape index (κ1) is 14.8. The number of hydrogen-bond donors (Lipinski definition) is 3. The van der Waals surface area contributed by atoms with Gasteiger partial charge in [-0.05, 0) is 12.1 Å². The lowest BCUT2D eigenvalue weighted by Crippen LogP contribution is -2.30. The lowest BCUT2D eigenvalue weighted by atomic mass is 10.2. The number of carbonyl (C=O) groups is 2. The molecule has 0 spiro atoms. The fourth-order valence-electron chi connectivity index (χ4n) is 1.22. The van der Waals surface area contributed by atoms with Gasteiger partial charge in [0.15, 0.2) is 6.10 Å². The van der Waals surface area contributed by atoms with Gasteiger partial charge in [0.25, 0.3) is 5.91 Å². The molecule has 0 bridgehead atoms. The van der Waals surface area contributed by atoms with Crippen LogP contribution < -0.4 is 5.32 Å². The summed E-state index contributed by atoms with van der Waals surface area (Å²) >= 11 is 11.6. The van der Waals surface area contributed by atoms with Crippen LogP contribution in [0.1, 0.15) is 16.8 Å². The summed E-state index contributed by atoms with van der Waals surface area (Å²) in [5, 5.41) is 20.3. The molecule has 1 amide bonds. The van der Waals surface area contributed by atoms with E-state index < -0.39 is 18.0 Å². The Balaban J connectivity index is 2.56. The minimum atomic E-state index is -1.50. The highest BCUT2D eigenvalue weighted by atomic mass is 35.5. The number of carbonyl (C=O) groups excluding carboxylic acids is 1. The molecular formula is C11H11Cl2NO4. The van der Waals surface area contributed by atoms with Crippen molar-refractivity contribution >= 4 is 35.1 Å². The number of aliphatic carboxylic acids is 1. The van der Waals surface area contributed by atoms with Gasteiger partial charge in [0.05, 0.1) is 15.6 Å². The Hall–Kier alpha value is -1.30. The minimum Gasteiger partial charge on any atom is -0.479 e. The maximum Gasteiger partial charge on any atom is 0.332 e. The van der Waals surface area contributed by atoms with Crippen LogP contribution in [0.5, 0.6) is 0 Å². The molecule has 7 heteroatoms. The third-order valence-corrected chi connectivity index (χ3v) is 3.00. The van der Waals surface area contributed by atoms with Crippen molar-refractivity contribution in [3.05, 3.63) is 33.8 Å². The summed E-state index contributed by atoms with van der Waals surface area (Å²) < 4.78 is 0. The molecule has 0 aliphatic rings. The van der Waals surface area contributed by atoms with E-state index in [0.29, 0.717) is 0 Å². The molecule has 0 fully saturated rings. The van der Waals surface area contributed by atoms with E-state index in [4.69, 9.17) is 33.4 Å². The average molecular weight is 292 g/mol. The number of benzene rings is 1. The first-order valence-corrected chi connectivity index (χ1v) is 5.82. The highest BCUT2D eigenvalue weighted by molar-refractivity contribution is 6.43. The summed E-state index contributed by atoms with van der Waals surface area (Å²) in [6.07, 6.45) is -1.58. The van der Waals surface area contributed by atoms with Gasteiger partial charge in [0.1, 0.15) is 0 Å².